The van der Waals surface area contributed by atoms with Gasteiger partial charge in [-0.05, 0) is 30.3 Å². The fourth-order valence-electron chi connectivity index (χ4n) is 2.95. The molecule has 3 aromatic rings. The highest BCUT2D eigenvalue weighted by molar-refractivity contribution is 5.80. The minimum Gasteiger partial charge on any atom is -0.493 e. The zero-order valence-corrected chi connectivity index (χ0v) is 16.9. The lowest BCUT2D eigenvalue weighted by molar-refractivity contribution is 0.324. The highest BCUT2D eigenvalue weighted by Gasteiger charge is 2.20. The summed E-state index contributed by atoms with van der Waals surface area (Å²) < 4.78 is 33.1. The minimum absolute atomic E-state index is 0.357. The zero-order valence-electron chi connectivity index (χ0n) is 16.9. The molecule has 29 heavy (non-hydrogen) atoms. The van der Waals surface area contributed by atoms with Gasteiger partial charge in [0.25, 0.3) is 0 Å². The number of oxazole rings is 1. The molecular formula is C22H23NO6. The number of benzene rings is 2. The van der Waals surface area contributed by atoms with Crippen molar-refractivity contribution < 1.29 is 28.1 Å². The van der Waals surface area contributed by atoms with Gasteiger partial charge in [-0.15, -0.1) is 0 Å². The zero-order chi connectivity index (χ0) is 20.8. The number of ether oxygens (including phenoxy) is 5. The van der Waals surface area contributed by atoms with Gasteiger partial charge in [-0.25, -0.2) is 4.98 Å². The predicted octanol–water partition coefficient (Wildman–Crippen LogP) is 4.61. The van der Waals surface area contributed by atoms with Crippen molar-refractivity contribution in [1.29, 1.82) is 0 Å². The summed E-state index contributed by atoms with van der Waals surface area (Å²) in [6, 6.07) is 9.17. The van der Waals surface area contributed by atoms with E-state index in [1.165, 1.54) is 6.39 Å². The molecule has 7 heteroatoms. The third-order valence-electron chi connectivity index (χ3n) is 4.29. The standard InChI is InChI=1S/C22H23NO6/c1-6-9-28-17-10-14(7-8-16(17)24-2)21-20(23-13-29-21)15-11-18(25-3)22(27-5)19(12-15)26-4/h6-8,10-13H,1,9H2,2-5H3. The van der Waals surface area contributed by atoms with E-state index in [0.29, 0.717) is 46.8 Å². The smallest absolute Gasteiger partial charge is 0.203 e. The molecule has 0 bridgehead atoms. The second-order valence-corrected chi connectivity index (χ2v) is 5.91. The van der Waals surface area contributed by atoms with Crippen LogP contribution in [0.2, 0.25) is 0 Å². The number of rotatable bonds is 9. The average molecular weight is 397 g/mol. The summed E-state index contributed by atoms with van der Waals surface area (Å²) in [4.78, 5) is 4.40. The Morgan fingerprint density at radius 1 is 0.862 bits per heavy atom. The van der Waals surface area contributed by atoms with E-state index in [1.807, 2.05) is 30.3 Å². The molecule has 0 radical (unpaired) electrons. The maximum Gasteiger partial charge on any atom is 0.203 e. The number of hydrogen-bond donors (Lipinski definition) is 0. The van der Waals surface area contributed by atoms with Crippen LogP contribution in [0.25, 0.3) is 22.6 Å². The number of aromatic nitrogens is 1. The van der Waals surface area contributed by atoms with Gasteiger partial charge in [0.05, 0.1) is 28.4 Å². The molecule has 1 aromatic heterocycles. The van der Waals surface area contributed by atoms with E-state index in [0.717, 1.165) is 11.1 Å². The molecule has 1 heterocycles. The van der Waals surface area contributed by atoms with Gasteiger partial charge in [0.1, 0.15) is 12.3 Å². The van der Waals surface area contributed by atoms with Crippen molar-refractivity contribution in [1.82, 2.24) is 4.98 Å². The largest absolute Gasteiger partial charge is 0.493 e. The molecule has 3 rings (SSSR count). The molecule has 0 saturated heterocycles. The van der Waals surface area contributed by atoms with Crippen LogP contribution in [0.3, 0.4) is 0 Å². The molecule has 0 atom stereocenters. The van der Waals surface area contributed by atoms with Gasteiger partial charge in [0.15, 0.2) is 35.2 Å². The summed E-state index contributed by atoms with van der Waals surface area (Å²) in [5, 5.41) is 0. The van der Waals surface area contributed by atoms with Crippen molar-refractivity contribution in [3.8, 4) is 51.3 Å². The number of nitrogens with zero attached hydrogens (tertiary/aromatic N) is 1. The summed E-state index contributed by atoms with van der Waals surface area (Å²) in [6.45, 7) is 4.03. The summed E-state index contributed by atoms with van der Waals surface area (Å²) in [7, 11) is 6.28. The Bertz CT molecular complexity index is 970. The first kappa shape index (κ1) is 20.1. The predicted molar refractivity (Wildman–Crippen MR) is 109 cm³/mol. The van der Waals surface area contributed by atoms with E-state index in [9.17, 15) is 0 Å². The highest BCUT2D eigenvalue weighted by Crippen LogP contribution is 2.43. The van der Waals surface area contributed by atoms with Crippen LogP contribution in [-0.4, -0.2) is 40.0 Å². The van der Waals surface area contributed by atoms with E-state index in [-0.39, 0.29) is 0 Å². The Morgan fingerprint density at radius 3 is 2.10 bits per heavy atom. The van der Waals surface area contributed by atoms with Gasteiger partial charge >= 0.3 is 0 Å². The molecule has 152 valence electrons. The Morgan fingerprint density at radius 2 is 1.52 bits per heavy atom. The quantitative estimate of drug-likeness (QED) is 0.488. The number of hydrogen-bond acceptors (Lipinski definition) is 7. The van der Waals surface area contributed by atoms with Crippen LogP contribution < -0.4 is 23.7 Å². The van der Waals surface area contributed by atoms with E-state index in [2.05, 4.69) is 11.6 Å². The minimum atomic E-state index is 0.357. The average Bonchev–Trinajstić information content (AvgIpc) is 3.26. The summed E-state index contributed by atoms with van der Waals surface area (Å²) in [5.41, 5.74) is 2.17. The third-order valence-corrected chi connectivity index (χ3v) is 4.29. The van der Waals surface area contributed by atoms with Gasteiger partial charge < -0.3 is 28.1 Å². The summed E-state index contributed by atoms with van der Waals surface area (Å²) >= 11 is 0. The van der Waals surface area contributed by atoms with Crippen molar-refractivity contribution in [2.24, 2.45) is 0 Å². The first-order valence-corrected chi connectivity index (χ1v) is 8.82. The van der Waals surface area contributed by atoms with E-state index < -0.39 is 0 Å². The van der Waals surface area contributed by atoms with Gasteiger partial charge in [-0.3, -0.25) is 0 Å². The Balaban J connectivity index is 2.10. The van der Waals surface area contributed by atoms with Crippen LogP contribution in [0.5, 0.6) is 28.7 Å². The molecule has 0 fully saturated rings. The molecule has 0 unspecified atom stereocenters. The van der Waals surface area contributed by atoms with Crippen molar-refractivity contribution in [2.75, 3.05) is 35.0 Å². The second kappa shape index (κ2) is 9.05. The van der Waals surface area contributed by atoms with E-state index in [4.69, 9.17) is 28.1 Å². The SMILES string of the molecule is C=CCOc1cc(-c2ocnc2-c2cc(OC)c(OC)c(OC)c2)ccc1OC. The Kier molecular flexibility index (Phi) is 6.29. The second-order valence-electron chi connectivity index (χ2n) is 5.91. The maximum atomic E-state index is 5.70. The molecule has 0 amide bonds. The van der Waals surface area contributed by atoms with Gasteiger partial charge in [-0.2, -0.15) is 0 Å². The van der Waals surface area contributed by atoms with Crippen LogP contribution >= 0.6 is 0 Å². The monoisotopic (exact) mass is 397 g/mol. The fourth-order valence-corrected chi connectivity index (χ4v) is 2.95. The Labute approximate surface area is 169 Å². The number of methoxy groups -OCH3 is 4. The third kappa shape index (κ3) is 3.99. The summed E-state index contributed by atoms with van der Waals surface area (Å²) in [5.74, 6) is 3.33. The van der Waals surface area contributed by atoms with Crippen LogP contribution in [0.15, 0.2) is 53.8 Å². The van der Waals surface area contributed by atoms with Crippen LogP contribution in [0, 0.1) is 0 Å². The van der Waals surface area contributed by atoms with Crippen molar-refractivity contribution in [3.05, 3.63) is 49.4 Å². The first-order chi connectivity index (χ1) is 14.2. The first-order valence-electron chi connectivity index (χ1n) is 8.82. The lowest BCUT2D eigenvalue weighted by Gasteiger charge is -2.14. The maximum absolute atomic E-state index is 5.70. The van der Waals surface area contributed by atoms with Crippen LogP contribution in [0.1, 0.15) is 0 Å². The van der Waals surface area contributed by atoms with Crippen molar-refractivity contribution in [3.63, 3.8) is 0 Å². The lowest BCUT2D eigenvalue weighted by Crippen LogP contribution is -1.97. The molecule has 0 aliphatic heterocycles. The van der Waals surface area contributed by atoms with E-state index >= 15 is 0 Å². The van der Waals surface area contributed by atoms with Crippen LogP contribution in [0.4, 0.5) is 0 Å². The van der Waals surface area contributed by atoms with Crippen molar-refractivity contribution in [2.45, 2.75) is 0 Å². The van der Waals surface area contributed by atoms with Gasteiger partial charge in [0.2, 0.25) is 5.75 Å². The molecule has 0 N–H and O–H groups in total. The molecule has 0 spiro atoms. The molecule has 2 aromatic carbocycles. The topological polar surface area (TPSA) is 72.2 Å². The molecule has 0 aliphatic rings. The lowest BCUT2D eigenvalue weighted by atomic mass is 10.0. The molecule has 0 saturated carbocycles. The molecular weight excluding hydrogens is 374 g/mol. The summed E-state index contributed by atoms with van der Waals surface area (Å²) in [6.07, 6.45) is 3.06. The Hall–Kier alpha value is -3.61. The van der Waals surface area contributed by atoms with E-state index in [1.54, 1.807) is 34.5 Å². The molecule has 7 nitrogen and oxygen atoms in total. The highest BCUT2D eigenvalue weighted by atomic mass is 16.5. The van der Waals surface area contributed by atoms with Crippen molar-refractivity contribution >= 4 is 0 Å². The van der Waals surface area contributed by atoms with Crippen LogP contribution in [-0.2, 0) is 0 Å². The van der Waals surface area contributed by atoms with Gasteiger partial charge in [0, 0.05) is 11.1 Å². The fraction of sp³-hybridized carbons (Fsp3) is 0.227. The normalized spacial score (nSPS) is 10.3. The molecule has 0 aliphatic carbocycles. The van der Waals surface area contributed by atoms with Gasteiger partial charge in [-0.1, -0.05) is 12.7 Å².